The summed E-state index contributed by atoms with van der Waals surface area (Å²) in [6.45, 7) is 1.84. The van der Waals surface area contributed by atoms with Crippen molar-refractivity contribution in [1.29, 1.82) is 0 Å². The van der Waals surface area contributed by atoms with Gasteiger partial charge < -0.3 is 20.5 Å². The third kappa shape index (κ3) is 5.47. The zero-order valence-electron chi connectivity index (χ0n) is 13.8. The quantitative estimate of drug-likeness (QED) is 0.787. The van der Waals surface area contributed by atoms with Gasteiger partial charge in [-0.15, -0.1) is 0 Å². The van der Waals surface area contributed by atoms with Gasteiger partial charge in [0.25, 0.3) is 5.91 Å². The fourth-order valence-electron chi connectivity index (χ4n) is 2.09. The Morgan fingerprint density at radius 1 is 0.923 bits per heavy atom. The standard InChI is InChI=1S/C18H16Cl2N2O4/c1-10-2-3-12(9-15(10)20)22-18(26)13-8-11(4-5-14(13)19)21-16(23)6-7-17(24)25/h2-5,8-9H,6-7H2,1H3,(H,21,23)(H,22,26)(H,24,25)/p-1. The van der Waals surface area contributed by atoms with E-state index in [2.05, 4.69) is 10.6 Å². The number of hydrogen-bond donors (Lipinski definition) is 2. The summed E-state index contributed by atoms with van der Waals surface area (Å²) in [5, 5.41) is 16.3. The van der Waals surface area contributed by atoms with Crippen molar-refractivity contribution in [1.82, 2.24) is 0 Å². The van der Waals surface area contributed by atoms with E-state index in [9.17, 15) is 19.5 Å². The number of amides is 2. The number of carboxylic acids is 1. The van der Waals surface area contributed by atoms with Gasteiger partial charge in [0, 0.05) is 28.8 Å². The van der Waals surface area contributed by atoms with Gasteiger partial charge in [-0.2, -0.15) is 0 Å². The SMILES string of the molecule is Cc1ccc(NC(=O)c2cc(NC(=O)CCC(=O)[O-])ccc2Cl)cc1Cl. The average Bonchev–Trinajstić information content (AvgIpc) is 2.58. The first kappa shape index (κ1) is 19.8. The molecule has 0 unspecified atom stereocenters. The number of carboxylic acid groups (broad SMARTS) is 1. The van der Waals surface area contributed by atoms with Crippen LogP contribution in [0.1, 0.15) is 28.8 Å². The second-order valence-corrected chi connectivity index (χ2v) is 6.35. The first-order valence-electron chi connectivity index (χ1n) is 7.63. The molecule has 0 bridgehead atoms. The highest BCUT2D eigenvalue weighted by Gasteiger charge is 2.13. The molecule has 136 valence electrons. The lowest BCUT2D eigenvalue weighted by atomic mass is 10.1. The number of carbonyl (C=O) groups is 3. The Morgan fingerprint density at radius 3 is 2.23 bits per heavy atom. The molecule has 0 saturated heterocycles. The zero-order chi connectivity index (χ0) is 19.3. The molecule has 26 heavy (non-hydrogen) atoms. The molecule has 6 nitrogen and oxygen atoms in total. The summed E-state index contributed by atoms with van der Waals surface area (Å²) in [5.41, 5.74) is 1.86. The number of benzene rings is 2. The Kier molecular flexibility index (Phi) is 6.60. The Balaban J connectivity index is 2.12. The van der Waals surface area contributed by atoms with Gasteiger partial charge in [-0.25, -0.2) is 0 Å². The van der Waals surface area contributed by atoms with Gasteiger partial charge in [0.05, 0.1) is 10.6 Å². The molecule has 0 aliphatic rings. The van der Waals surface area contributed by atoms with Crippen molar-refractivity contribution in [3.63, 3.8) is 0 Å². The Morgan fingerprint density at radius 2 is 1.58 bits per heavy atom. The lowest BCUT2D eigenvalue weighted by molar-refractivity contribution is -0.305. The summed E-state index contributed by atoms with van der Waals surface area (Å²) in [4.78, 5) is 34.5. The van der Waals surface area contributed by atoms with E-state index < -0.39 is 17.8 Å². The highest BCUT2D eigenvalue weighted by atomic mass is 35.5. The van der Waals surface area contributed by atoms with Gasteiger partial charge in [-0.05, 0) is 49.2 Å². The molecule has 0 aliphatic carbocycles. The molecule has 2 aromatic carbocycles. The van der Waals surface area contributed by atoms with Gasteiger partial charge in [-0.3, -0.25) is 9.59 Å². The largest absolute Gasteiger partial charge is 0.550 e. The van der Waals surface area contributed by atoms with Crippen molar-refractivity contribution in [3.05, 3.63) is 57.6 Å². The third-order valence-corrected chi connectivity index (χ3v) is 4.22. The summed E-state index contributed by atoms with van der Waals surface area (Å²) in [5.74, 6) is -2.29. The normalized spacial score (nSPS) is 10.3. The van der Waals surface area contributed by atoms with Crippen LogP contribution in [-0.4, -0.2) is 17.8 Å². The van der Waals surface area contributed by atoms with Gasteiger partial charge in [0.2, 0.25) is 5.91 Å². The smallest absolute Gasteiger partial charge is 0.257 e. The maximum atomic E-state index is 12.4. The van der Waals surface area contributed by atoms with Crippen LogP contribution < -0.4 is 15.7 Å². The van der Waals surface area contributed by atoms with Crippen molar-refractivity contribution in [2.45, 2.75) is 19.8 Å². The highest BCUT2D eigenvalue weighted by Crippen LogP contribution is 2.24. The van der Waals surface area contributed by atoms with Gasteiger partial charge in [0.1, 0.15) is 0 Å². The van der Waals surface area contributed by atoms with E-state index in [4.69, 9.17) is 23.2 Å². The predicted octanol–water partition coefficient (Wildman–Crippen LogP) is 3.02. The first-order valence-corrected chi connectivity index (χ1v) is 8.38. The molecule has 0 aromatic heterocycles. The maximum absolute atomic E-state index is 12.4. The van der Waals surface area contributed by atoms with Crippen LogP contribution in [0.5, 0.6) is 0 Å². The fraction of sp³-hybridized carbons (Fsp3) is 0.167. The van der Waals surface area contributed by atoms with Gasteiger partial charge in [-0.1, -0.05) is 29.3 Å². The second-order valence-electron chi connectivity index (χ2n) is 5.53. The third-order valence-electron chi connectivity index (χ3n) is 3.48. The molecule has 2 aromatic rings. The van der Waals surface area contributed by atoms with Crippen LogP contribution in [0.25, 0.3) is 0 Å². The Bertz CT molecular complexity index is 868. The van der Waals surface area contributed by atoms with Crippen molar-refractivity contribution in [2.75, 3.05) is 10.6 Å². The number of aryl methyl sites for hydroxylation is 1. The van der Waals surface area contributed by atoms with Crippen molar-refractivity contribution in [2.24, 2.45) is 0 Å². The summed E-state index contributed by atoms with van der Waals surface area (Å²) in [6, 6.07) is 9.48. The lowest BCUT2D eigenvalue weighted by Crippen LogP contribution is -2.24. The van der Waals surface area contributed by atoms with E-state index >= 15 is 0 Å². The summed E-state index contributed by atoms with van der Waals surface area (Å²) in [7, 11) is 0. The van der Waals surface area contributed by atoms with Crippen LogP contribution >= 0.6 is 23.2 Å². The maximum Gasteiger partial charge on any atom is 0.257 e. The monoisotopic (exact) mass is 393 g/mol. The summed E-state index contributed by atoms with van der Waals surface area (Å²) < 4.78 is 0. The molecule has 0 atom stereocenters. The van der Waals surface area contributed by atoms with Crippen LogP contribution in [0.4, 0.5) is 11.4 Å². The van der Waals surface area contributed by atoms with Crippen LogP contribution in [0, 0.1) is 6.92 Å². The first-order chi connectivity index (χ1) is 12.3. The number of anilines is 2. The highest BCUT2D eigenvalue weighted by molar-refractivity contribution is 6.34. The van der Waals surface area contributed by atoms with E-state index in [0.29, 0.717) is 16.4 Å². The van der Waals surface area contributed by atoms with Gasteiger partial charge >= 0.3 is 0 Å². The van der Waals surface area contributed by atoms with E-state index in [1.54, 1.807) is 18.2 Å². The van der Waals surface area contributed by atoms with E-state index in [1.165, 1.54) is 18.2 Å². The molecule has 8 heteroatoms. The number of halogens is 2. The molecule has 0 heterocycles. The van der Waals surface area contributed by atoms with Crippen LogP contribution in [0.2, 0.25) is 10.0 Å². The van der Waals surface area contributed by atoms with E-state index in [-0.39, 0.29) is 23.4 Å². The van der Waals surface area contributed by atoms with Crippen molar-refractivity contribution in [3.8, 4) is 0 Å². The number of aliphatic carboxylic acids is 1. The summed E-state index contributed by atoms with van der Waals surface area (Å²) in [6.07, 6.45) is -0.616. The van der Waals surface area contributed by atoms with E-state index in [1.807, 2.05) is 6.92 Å². The Labute approximate surface area is 160 Å². The topological polar surface area (TPSA) is 98.3 Å². The zero-order valence-corrected chi connectivity index (χ0v) is 15.3. The molecule has 0 spiro atoms. The number of rotatable bonds is 6. The Hall–Kier alpha value is -2.57. The van der Waals surface area contributed by atoms with Crippen molar-refractivity contribution < 1.29 is 19.5 Å². The minimum absolute atomic E-state index is 0.154. The van der Waals surface area contributed by atoms with Gasteiger partial charge in [0.15, 0.2) is 0 Å². The molecule has 0 aliphatic heterocycles. The fourth-order valence-corrected chi connectivity index (χ4v) is 2.47. The van der Waals surface area contributed by atoms with Crippen molar-refractivity contribution >= 4 is 52.4 Å². The molecular formula is C18H15Cl2N2O4-. The molecular weight excluding hydrogens is 379 g/mol. The molecule has 2 N–H and O–H groups in total. The van der Waals surface area contributed by atoms with Crippen LogP contribution in [0.15, 0.2) is 36.4 Å². The van der Waals surface area contributed by atoms with Crippen LogP contribution in [-0.2, 0) is 9.59 Å². The molecule has 2 amide bonds. The molecule has 0 fully saturated rings. The number of carbonyl (C=O) groups excluding carboxylic acids is 3. The second kappa shape index (κ2) is 8.69. The number of hydrogen-bond acceptors (Lipinski definition) is 4. The number of nitrogens with one attached hydrogen (secondary N) is 2. The summed E-state index contributed by atoms with van der Waals surface area (Å²) >= 11 is 12.1. The minimum Gasteiger partial charge on any atom is -0.550 e. The molecule has 0 radical (unpaired) electrons. The van der Waals surface area contributed by atoms with E-state index in [0.717, 1.165) is 5.56 Å². The average molecular weight is 394 g/mol. The lowest BCUT2D eigenvalue weighted by Gasteiger charge is -2.11. The molecule has 0 saturated carbocycles. The molecule has 2 rings (SSSR count). The minimum atomic E-state index is -1.31. The predicted molar refractivity (Wildman–Crippen MR) is 98.5 cm³/mol. The van der Waals surface area contributed by atoms with Crippen LogP contribution in [0.3, 0.4) is 0 Å².